The largest absolute Gasteiger partial charge is 0.326 e. The van der Waals surface area contributed by atoms with Gasteiger partial charge in [0.2, 0.25) is 5.95 Å². The number of nitrogens with one attached hydrogen (secondary N) is 2. The number of ketones is 1. The van der Waals surface area contributed by atoms with Gasteiger partial charge in [0.15, 0.2) is 17.4 Å². The van der Waals surface area contributed by atoms with Crippen LogP contribution < -0.4 is 10.2 Å². The molecule has 9 heteroatoms. The van der Waals surface area contributed by atoms with Gasteiger partial charge in [-0.05, 0) is 81.9 Å². The number of hydrogen-bond acceptors (Lipinski definition) is 7. The second-order valence-electron chi connectivity index (χ2n) is 13.3. The highest BCUT2D eigenvalue weighted by molar-refractivity contribution is 5.92. The minimum atomic E-state index is -0.630. The summed E-state index contributed by atoms with van der Waals surface area (Å²) in [6, 6.07) is 6.84. The van der Waals surface area contributed by atoms with Crippen LogP contribution in [0, 0.1) is 11.3 Å². The number of carbonyl (C=O) groups excluding carboxylic acids is 1. The average Bonchev–Trinajstić information content (AvgIpc) is 3.80. The van der Waals surface area contributed by atoms with E-state index in [-0.39, 0.29) is 5.41 Å². The molecule has 4 fully saturated rings. The molecule has 3 aromatic heterocycles. The average molecular weight is 517 g/mol. The van der Waals surface area contributed by atoms with Crippen molar-refractivity contribution in [2.75, 3.05) is 29.9 Å². The number of H-pyrrole nitrogens is 1. The lowest BCUT2D eigenvalue weighted by atomic mass is 9.79. The van der Waals surface area contributed by atoms with Crippen LogP contribution in [0.15, 0.2) is 24.4 Å². The Morgan fingerprint density at radius 2 is 2.03 bits per heavy atom. The fourth-order valence-electron chi connectivity index (χ4n) is 7.00. The first-order valence-electron chi connectivity index (χ1n) is 14.5. The molecule has 5 heterocycles. The molecule has 2 saturated heterocycles. The maximum absolute atomic E-state index is 14.1. The van der Waals surface area contributed by atoms with Gasteiger partial charge in [0.25, 0.3) is 0 Å². The minimum Gasteiger partial charge on any atom is -0.326 e. The van der Waals surface area contributed by atoms with Crippen molar-refractivity contribution in [1.29, 1.82) is 0 Å². The Morgan fingerprint density at radius 1 is 1.18 bits per heavy atom. The molecule has 0 bridgehead atoms. The molecular weight excluding hydrogens is 476 g/mol. The minimum absolute atomic E-state index is 0.0129. The van der Waals surface area contributed by atoms with Gasteiger partial charge in [-0.25, -0.2) is 4.52 Å². The lowest BCUT2D eigenvalue weighted by Crippen LogP contribution is -2.50. The van der Waals surface area contributed by atoms with Crippen LogP contribution in [0.3, 0.4) is 0 Å². The topological polar surface area (TPSA) is 94.5 Å². The Kier molecular flexibility index (Phi) is 5.58. The SMILES string of the molecule is CC1(C)CN(c2nc(Nc3cc(C4CC4)[nH]n3)c3cccn3n2)[C@](C)(C(=O)C[C@@H]2CCCN(C3CC3)C2)C1. The molecule has 2 aliphatic heterocycles. The third kappa shape index (κ3) is 4.48. The van der Waals surface area contributed by atoms with Crippen molar-refractivity contribution >= 4 is 28.9 Å². The summed E-state index contributed by atoms with van der Waals surface area (Å²) in [7, 11) is 0. The molecule has 0 radical (unpaired) electrons. The highest BCUT2D eigenvalue weighted by Crippen LogP contribution is 2.45. The Labute approximate surface area is 224 Å². The standard InChI is InChI=1S/C29H40N8O/c1-28(2)17-29(3,24(38)14-19-6-4-12-35(16-19)21-10-11-21)36(18-28)27-31-26(23-7-5-13-37(23)34-27)30-25-15-22(32-33-25)20-8-9-20/h5,7,13,15,19-21H,4,6,8-12,14,16-18H2,1-3H3,(H2,30,31,32,33,34)/t19-,29-/m0/s1. The second-order valence-corrected chi connectivity index (χ2v) is 13.3. The maximum atomic E-state index is 14.1. The van der Waals surface area contributed by atoms with Crippen LogP contribution in [-0.4, -0.2) is 66.7 Å². The van der Waals surface area contributed by atoms with E-state index in [1.54, 1.807) is 0 Å². The zero-order valence-corrected chi connectivity index (χ0v) is 22.9. The fourth-order valence-corrected chi connectivity index (χ4v) is 7.00. The number of rotatable bonds is 8. The zero-order chi connectivity index (χ0) is 26.1. The molecule has 2 saturated carbocycles. The number of aromatic nitrogens is 5. The van der Waals surface area contributed by atoms with E-state index in [9.17, 15) is 4.79 Å². The monoisotopic (exact) mass is 516 g/mol. The second kappa shape index (κ2) is 8.79. The van der Waals surface area contributed by atoms with Gasteiger partial charge < -0.3 is 15.1 Å². The van der Waals surface area contributed by atoms with Crippen molar-refractivity contribution in [2.24, 2.45) is 11.3 Å². The van der Waals surface area contributed by atoms with Gasteiger partial charge in [-0.15, -0.1) is 5.10 Å². The van der Waals surface area contributed by atoms with Crippen molar-refractivity contribution in [1.82, 2.24) is 29.7 Å². The summed E-state index contributed by atoms with van der Waals surface area (Å²) in [5, 5.41) is 16.0. The van der Waals surface area contributed by atoms with Crippen LogP contribution >= 0.6 is 0 Å². The van der Waals surface area contributed by atoms with Crippen LogP contribution in [-0.2, 0) is 4.79 Å². The molecule has 2 N–H and O–H groups in total. The number of piperidine rings is 1. The summed E-state index contributed by atoms with van der Waals surface area (Å²) in [5.41, 5.74) is 1.42. The van der Waals surface area contributed by atoms with E-state index < -0.39 is 5.54 Å². The molecule has 0 spiro atoms. The molecule has 9 nitrogen and oxygen atoms in total. The molecular formula is C29H40N8O. The van der Waals surface area contributed by atoms with E-state index in [2.05, 4.69) is 52.2 Å². The molecule has 3 aromatic rings. The van der Waals surface area contributed by atoms with Crippen LogP contribution in [0.5, 0.6) is 0 Å². The predicted molar refractivity (Wildman–Crippen MR) is 148 cm³/mol. The zero-order valence-electron chi connectivity index (χ0n) is 22.9. The molecule has 2 aliphatic carbocycles. The van der Waals surface area contributed by atoms with Crippen LogP contribution in [0.4, 0.5) is 17.6 Å². The lowest BCUT2D eigenvalue weighted by Gasteiger charge is -2.37. The van der Waals surface area contributed by atoms with Gasteiger partial charge in [0, 0.05) is 49.4 Å². The summed E-state index contributed by atoms with van der Waals surface area (Å²) < 4.78 is 1.87. The van der Waals surface area contributed by atoms with Gasteiger partial charge >= 0.3 is 0 Å². The number of likely N-dealkylation sites (tertiary alicyclic amines) is 1. The lowest BCUT2D eigenvalue weighted by molar-refractivity contribution is -0.125. The third-order valence-electron chi connectivity index (χ3n) is 9.18. The van der Waals surface area contributed by atoms with Crippen molar-refractivity contribution < 1.29 is 4.79 Å². The van der Waals surface area contributed by atoms with Crippen molar-refractivity contribution in [3.63, 3.8) is 0 Å². The van der Waals surface area contributed by atoms with Crippen molar-refractivity contribution in [3.05, 3.63) is 30.1 Å². The van der Waals surface area contributed by atoms with E-state index in [0.717, 1.165) is 43.3 Å². The Morgan fingerprint density at radius 3 is 2.82 bits per heavy atom. The first-order valence-corrected chi connectivity index (χ1v) is 14.5. The molecule has 0 aromatic carbocycles. The smallest absolute Gasteiger partial charge is 0.246 e. The number of fused-ring (bicyclic) bond motifs is 1. The normalized spacial score (nSPS) is 27.8. The summed E-state index contributed by atoms with van der Waals surface area (Å²) in [5.74, 6) is 3.45. The van der Waals surface area contributed by atoms with Crippen molar-refractivity contribution in [2.45, 2.75) is 89.6 Å². The van der Waals surface area contributed by atoms with Gasteiger partial charge in [-0.1, -0.05) is 13.8 Å². The highest BCUT2D eigenvalue weighted by atomic mass is 16.1. The Hall–Kier alpha value is -2.94. The van der Waals surface area contributed by atoms with Gasteiger partial charge in [-0.3, -0.25) is 9.89 Å². The summed E-state index contributed by atoms with van der Waals surface area (Å²) in [6.07, 6.45) is 10.8. The fraction of sp³-hybridized carbons (Fsp3) is 0.655. The highest BCUT2D eigenvalue weighted by Gasteiger charge is 2.52. The summed E-state index contributed by atoms with van der Waals surface area (Å²) >= 11 is 0. The van der Waals surface area contributed by atoms with Crippen LogP contribution in [0.1, 0.15) is 83.7 Å². The van der Waals surface area contributed by atoms with E-state index in [4.69, 9.17) is 10.1 Å². The molecule has 7 rings (SSSR count). The van der Waals surface area contributed by atoms with Crippen molar-refractivity contribution in [3.8, 4) is 0 Å². The number of nitrogens with zero attached hydrogens (tertiary/aromatic N) is 6. The van der Waals surface area contributed by atoms with E-state index in [1.807, 2.05) is 22.8 Å². The van der Waals surface area contributed by atoms with E-state index >= 15 is 0 Å². The maximum Gasteiger partial charge on any atom is 0.246 e. The molecule has 0 unspecified atom stereocenters. The molecule has 2 atom stereocenters. The Bertz CT molecular complexity index is 1350. The van der Waals surface area contributed by atoms with Gasteiger partial charge in [0.05, 0.1) is 5.54 Å². The van der Waals surface area contributed by atoms with Gasteiger partial charge in [0.1, 0.15) is 5.52 Å². The van der Waals surface area contributed by atoms with Gasteiger partial charge in [-0.2, -0.15) is 10.1 Å². The molecule has 38 heavy (non-hydrogen) atoms. The third-order valence-corrected chi connectivity index (χ3v) is 9.18. The van der Waals surface area contributed by atoms with E-state index in [1.165, 1.54) is 44.3 Å². The molecule has 202 valence electrons. The first kappa shape index (κ1) is 24.1. The number of hydrogen-bond donors (Lipinski definition) is 2. The summed E-state index contributed by atoms with van der Waals surface area (Å²) in [4.78, 5) is 23.9. The van der Waals surface area contributed by atoms with E-state index in [0.29, 0.717) is 35.8 Å². The number of anilines is 3. The number of carbonyl (C=O) groups is 1. The predicted octanol–water partition coefficient (Wildman–Crippen LogP) is 4.90. The Balaban J connectivity index is 1.17. The quantitative estimate of drug-likeness (QED) is 0.440. The number of aromatic amines is 1. The van der Waals surface area contributed by atoms with Crippen LogP contribution in [0.2, 0.25) is 0 Å². The van der Waals surface area contributed by atoms with Crippen LogP contribution in [0.25, 0.3) is 5.52 Å². The first-order chi connectivity index (χ1) is 18.3. The number of Topliss-reactive ketones (excluding diaryl/α,β-unsaturated/α-hetero) is 1. The molecule has 0 amide bonds. The molecule has 4 aliphatic rings. The summed E-state index contributed by atoms with van der Waals surface area (Å²) in [6.45, 7) is 9.65.